The van der Waals surface area contributed by atoms with E-state index in [1.165, 1.54) is 0 Å². The van der Waals surface area contributed by atoms with E-state index in [0.29, 0.717) is 29.8 Å². The van der Waals surface area contributed by atoms with Crippen molar-refractivity contribution in [2.24, 2.45) is 11.8 Å². The van der Waals surface area contributed by atoms with Crippen molar-refractivity contribution in [2.75, 3.05) is 6.54 Å². The molecule has 2 saturated heterocycles. The Labute approximate surface area is 110 Å². The Bertz CT molecular complexity index is 316. The molecule has 0 aromatic rings. The number of fused-ring (bicyclic) bond motifs is 1. The summed E-state index contributed by atoms with van der Waals surface area (Å²) in [7, 11) is 0. The van der Waals surface area contributed by atoms with Crippen LogP contribution in [0.25, 0.3) is 0 Å². The van der Waals surface area contributed by atoms with Gasteiger partial charge in [0.2, 0.25) is 5.91 Å². The van der Waals surface area contributed by atoms with Gasteiger partial charge < -0.3 is 4.90 Å². The molecule has 4 nitrogen and oxygen atoms in total. The molecule has 2 N–H and O–H groups in total. The van der Waals surface area contributed by atoms with Crippen molar-refractivity contribution < 1.29 is 4.79 Å². The zero-order chi connectivity index (χ0) is 13.4. The molecular weight excluding hydrogens is 226 g/mol. The molecule has 2 aliphatic rings. The smallest absolute Gasteiger partial charge is 0.240 e. The molecule has 0 aliphatic carbocycles. The molecule has 2 aliphatic heterocycles. The standard InChI is InChI=1S/C14H27N3O/c1-6-11-15-12(8(2)3)10-7-17(9(4)5)14(18)13(10)16-11/h8-13,15-16H,6-7H2,1-5H3. The van der Waals surface area contributed by atoms with Gasteiger partial charge in [0.1, 0.15) is 0 Å². The van der Waals surface area contributed by atoms with Crippen LogP contribution in [0.15, 0.2) is 0 Å². The van der Waals surface area contributed by atoms with E-state index in [9.17, 15) is 4.79 Å². The molecule has 0 saturated carbocycles. The summed E-state index contributed by atoms with van der Waals surface area (Å²) in [5, 5.41) is 7.15. The zero-order valence-electron chi connectivity index (χ0n) is 12.2. The first-order valence-electron chi connectivity index (χ1n) is 7.28. The number of nitrogens with zero attached hydrogens (tertiary/aromatic N) is 1. The van der Waals surface area contributed by atoms with Crippen molar-refractivity contribution in [1.29, 1.82) is 0 Å². The number of hydrogen-bond acceptors (Lipinski definition) is 3. The quantitative estimate of drug-likeness (QED) is 0.794. The maximum Gasteiger partial charge on any atom is 0.240 e. The highest BCUT2D eigenvalue weighted by atomic mass is 16.2. The predicted molar refractivity (Wildman–Crippen MR) is 73.1 cm³/mol. The SMILES string of the molecule is CCC1NC2C(=O)N(C(C)C)CC2C(C(C)C)N1. The first kappa shape index (κ1) is 13.8. The third-order valence-electron chi connectivity index (χ3n) is 4.37. The summed E-state index contributed by atoms with van der Waals surface area (Å²) in [4.78, 5) is 14.5. The van der Waals surface area contributed by atoms with Crippen molar-refractivity contribution in [3.05, 3.63) is 0 Å². The maximum absolute atomic E-state index is 12.4. The largest absolute Gasteiger partial charge is 0.338 e. The van der Waals surface area contributed by atoms with E-state index in [1.807, 2.05) is 4.90 Å². The van der Waals surface area contributed by atoms with Crippen LogP contribution in [0.5, 0.6) is 0 Å². The van der Waals surface area contributed by atoms with Crippen molar-refractivity contribution in [3.8, 4) is 0 Å². The fraction of sp³-hybridized carbons (Fsp3) is 0.929. The van der Waals surface area contributed by atoms with E-state index in [1.54, 1.807) is 0 Å². The highest BCUT2D eigenvalue weighted by Crippen LogP contribution is 2.30. The molecule has 4 heteroatoms. The number of carbonyl (C=O) groups is 1. The van der Waals surface area contributed by atoms with Crippen LogP contribution in [0.1, 0.15) is 41.0 Å². The first-order valence-corrected chi connectivity index (χ1v) is 7.28. The minimum atomic E-state index is 0.0194. The zero-order valence-corrected chi connectivity index (χ0v) is 12.2. The van der Waals surface area contributed by atoms with Crippen molar-refractivity contribution in [2.45, 2.75) is 65.3 Å². The van der Waals surface area contributed by atoms with Crippen LogP contribution >= 0.6 is 0 Å². The summed E-state index contributed by atoms with van der Waals surface area (Å²) >= 11 is 0. The Morgan fingerprint density at radius 3 is 2.44 bits per heavy atom. The average Bonchev–Trinajstić information content (AvgIpc) is 2.65. The van der Waals surface area contributed by atoms with Crippen LogP contribution in [0.4, 0.5) is 0 Å². The van der Waals surface area contributed by atoms with Crippen molar-refractivity contribution in [3.63, 3.8) is 0 Å². The van der Waals surface area contributed by atoms with E-state index >= 15 is 0 Å². The van der Waals surface area contributed by atoms with Crippen LogP contribution in [-0.4, -0.2) is 41.6 Å². The van der Waals surface area contributed by atoms with E-state index in [0.717, 1.165) is 13.0 Å². The minimum absolute atomic E-state index is 0.0194. The molecule has 1 amide bonds. The molecule has 18 heavy (non-hydrogen) atoms. The number of rotatable bonds is 3. The first-order chi connectivity index (χ1) is 8.45. The lowest BCUT2D eigenvalue weighted by molar-refractivity contribution is -0.131. The van der Waals surface area contributed by atoms with E-state index < -0.39 is 0 Å². The Hall–Kier alpha value is -0.610. The molecule has 2 fully saturated rings. The average molecular weight is 253 g/mol. The topological polar surface area (TPSA) is 44.4 Å². The number of likely N-dealkylation sites (tertiary alicyclic amines) is 1. The van der Waals surface area contributed by atoms with Gasteiger partial charge in [0.15, 0.2) is 0 Å². The lowest BCUT2D eigenvalue weighted by atomic mass is 9.84. The van der Waals surface area contributed by atoms with Gasteiger partial charge in [-0.2, -0.15) is 0 Å². The maximum atomic E-state index is 12.4. The van der Waals surface area contributed by atoms with Crippen LogP contribution < -0.4 is 10.6 Å². The molecule has 0 bridgehead atoms. The summed E-state index contributed by atoms with van der Waals surface area (Å²) in [6.45, 7) is 11.7. The fourth-order valence-electron chi connectivity index (χ4n) is 3.31. The van der Waals surface area contributed by atoms with E-state index in [4.69, 9.17) is 0 Å². The summed E-state index contributed by atoms with van der Waals surface area (Å²) in [5.74, 6) is 1.26. The van der Waals surface area contributed by atoms with Gasteiger partial charge in [-0.1, -0.05) is 20.8 Å². The number of carbonyl (C=O) groups excluding carboxylic acids is 1. The minimum Gasteiger partial charge on any atom is -0.338 e. The molecule has 0 spiro atoms. The van der Waals surface area contributed by atoms with Gasteiger partial charge in [-0.15, -0.1) is 0 Å². The molecule has 0 aromatic carbocycles. The fourth-order valence-corrected chi connectivity index (χ4v) is 3.31. The third-order valence-corrected chi connectivity index (χ3v) is 4.37. The Balaban J connectivity index is 2.20. The van der Waals surface area contributed by atoms with Gasteiger partial charge >= 0.3 is 0 Å². The van der Waals surface area contributed by atoms with Crippen LogP contribution in [0.3, 0.4) is 0 Å². The Morgan fingerprint density at radius 1 is 1.28 bits per heavy atom. The van der Waals surface area contributed by atoms with Crippen LogP contribution in [0.2, 0.25) is 0 Å². The lowest BCUT2D eigenvalue weighted by Crippen LogP contribution is -2.64. The molecular formula is C14H27N3O. The summed E-state index contributed by atoms with van der Waals surface area (Å²) in [6.07, 6.45) is 1.29. The van der Waals surface area contributed by atoms with Crippen LogP contribution in [0, 0.1) is 11.8 Å². The van der Waals surface area contributed by atoms with Crippen LogP contribution in [-0.2, 0) is 4.79 Å². The van der Waals surface area contributed by atoms with E-state index in [2.05, 4.69) is 45.3 Å². The number of hydrogen-bond donors (Lipinski definition) is 2. The molecule has 2 heterocycles. The molecule has 0 radical (unpaired) electrons. The normalized spacial score (nSPS) is 36.6. The van der Waals surface area contributed by atoms with E-state index in [-0.39, 0.29) is 12.2 Å². The second kappa shape index (κ2) is 5.17. The van der Waals surface area contributed by atoms with Gasteiger partial charge in [0.25, 0.3) is 0 Å². The van der Waals surface area contributed by atoms with Gasteiger partial charge in [0, 0.05) is 24.5 Å². The summed E-state index contributed by atoms with van der Waals surface area (Å²) in [6, 6.07) is 0.762. The van der Waals surface area contributed by atoms with Gasteiger partial charge in [-0.05, 0) is 26.2 Å². The molecule has 0 aromatic heterocycles. The molecule has 4 atom stereocenters. The second-order valence-corrected chi connectivity index (χ2v) is 6.29. The van der Waals surface area contributed by atoms with Gasteiger partial charge in [0.05, 0.1) is 12.2 Å². The predicted octanol–water partition coefficient (Wildman–Crippen LogP) is 1.18. The van der Waals surface area contributed by atoms with Crippen molar-refractivity contribution in [1.82, 2.24) is 15.5 Å². The third kappa shape index (κ3) is 2.28. The summed E-state index contributed by atoms with van der Waals surface area (Å²) < 4.78 is 0. The number of nitrogens with one attached hydrogen (secondary N) is 2. The molecule has 104 valence electrons. The summed E-state index contributed by atoms with van der Waals surface area (Å²) in [5.41, 5.74) is 0. The number of amides is 1. The monoisotopic (exact) mass is 253 g/mol. The van der Waals surface area contributed by atoms with Crippen molar-refractivity contribution >= 4 is 5.91 Å². The second-order valence-electron chi connectivity index (χ2n) is 6.29. The highest BCUT2D eigenvalue weighted by Gasteiger charge is 2.49. The van der Waals surface area contributed by atoms with Gasteiger partial charge in [-0.25, -0.2) is 0 Å². The molecule has 4 unspecified atom stereocenters. The Morgan fingerprint density at radius 2 is 1.94 bits per heavy atom. The Kier molecular flexibility index (Phi) is 3.97. The van der Waals surface area contributed by atoms with Gasteiger partial charge in [-0.3, -0.25) is 15.4 Å². The molecule has 2 rings (SSSR count). The lowest BCUT2D eigenvalue weighted by Gasteiger charge is -2.41. The highest BCUT2D eigenvalue weighted by molar-refractivity contribution is 5.85.